The number of aryl methyl sites for hydroxylation is 1. The number of nitrogens with one attached hydrogen (secondary N) is 1. The number of carbonyl (C=O) groups is 1. The largest absolute Gasteiger partial charge is 0.386 e. The molecule has 0 atom stereocenters. The molecule has 10 heteroatoms. The summed E-state index contributed by atoms with van der Waals surface area (Å²) >= 11 is 0. The number of amides is 1. The van der Waals surface area contributed by atoms with Crippen molar-refractivity contribution in [1.82, 2.24) is 9.97 Å². The maximum absolute atomic E-state index is 12.7. The van der Waals surface area contributed by atoms with Crippen molar-refractivity contribution >= 4 is 27.2 Å². The first-order chi connectivity index (χ1) is 16.0. The molecule has 1 aliphatic rings. The van der Waals surface area contributed by atoms with E-state index in [1.54, 1.807) is 31.3 Å². The van der Waals surface area contributed by atoms with Crippen LogP contribution in [0.25, 0.3) is 11.1 Å². The molecule has 3 heterocycles. The smallest absolute Gasteiger partial charge is 0.255 e. The minimum absolute atomic E-state index is 0.167. The molecule has 1 aliphatic heterocycles. The molecule has 0 saturated carbocycles. The second kappa shape index (κ2) is 8.52. The maximum atomic E-state index is 12.7. The number of aromatic nitrogens is 2. The van der Waals surface area contributed by atoms with Crippen LogP contribution < -0.4 is 10.2 Å². The van der Waals surface area contributed by atoms with Crippen molar-refractivity contribution in [1.29, 1.82) is 5.26 Å². The van der Waals surface area contributed by atoms with Gasteiger partial charge in [-0.05, 0) is 55.3 Å². The van der Waals surface area contributed by atoms with Crippen molar-refractivity contribution in [3.63, 3.8) is 0 Å². The molecule has 0 radical (unpaired) electrons. The van der Waals surface area contributed by atoms with Gasteiger partial charge in [-0.15, -0.1) is 0 Å². The lowest BCUT2D eigenvalue weighted by atomic mass is 9.95. The summed E-state index contributed by atoms with van der Waals surface area (Å²) < 4.78 is 23.5. The van der Waals surface area contributed by atoms with Gasteiger partial charge in [-0.1, -0.05) is 6.07 Å². The molecule has 1 saturated heterocycles. The number of rotatable bonds is 5. The third-order valence-corrected chi connectivity index (χ3v) is 6.52. The van der Waals surface area contributed by atoms with Gasteiger partial charge in [0.05, 0.1) is 11.2 Å². The fourth-order valence-corrected chi connectivity index (χ4v) is 4.43. The van der Waals surface area contributed by atoms with E-state index >= 15 is 0 Å². The quantitative estimate of drug-likeness (QED) is 0.572. The molecule has 174 valence electrons. The Labute approximate surface area is 197 Å². The van der Waals surface area contributed by atoms with E-state index in [0.29, 0.717) is 35.7 Å². The van der Waals surface area contributed by atoms with Crippen LogP contribution in [0, 0.1) is 18.3 Å². The van der Waals surface area contributed by atoms with Crippen LogP contribution in [0.5, 0.6) is 0 Å². The minimum atomic E-state index is -3.54. The Morgan fingerprint density at radius 1 is 1.21 bits per heavy atom. The number of β-amino-alcohol motifs (C(OH)–C–C–N with tert-alkyl or cyclic N) is 1. The molecule has 1 amide bonds. The van der Waals surface area contributed by atoms with Crippen molar-refractivity contribution < 1.29 is 18.3 Å². The summed E-state index contributed by atoms with van der Waals surface area (Å²) in [5.74, 6) is 0.0531. The standard InChI is InChI=1S/C24H23N5O4S/c1-15-4-5-19(28-23(30)16-6-7-26-21(9-16)34(3,32)33)10-20(15)18-8-17(11-25)22(27-12-18)29-13-24(2,31)14-29/h4-10,12,31H,13-14H2,1-3H3,(H,28,30). The zero-order chi connectivity index (χ0) is 24.7. The molecule has 0 bridgehead atoms. The number of benzene rings is 1. The van der Waals surface area contributed by atoms with E-state index in [1.165, 1.54) is 18.3 Å². The van der Waals surface area contributed by atoms with Gasteiger partial charge in [-0.3, -0.25) is 4.79 Å². The van der Waals surface area contributed by atoms with E-state index in [-0.39, 0.29) is 10.6 Å². The number of nitrogens with zero attached hydrogens (tertiary/aromatic N) is 4. The van der Waals surface area contributed by atoms with Gasteiger partial charge in [-0.25, -0.2) is 18.4 Å². The number of pyridine rings is 2. The van der Waals surface area contributed by atoms with Crippen molar-refractivity contribution in [3.8, 4) is 17.2 Å². The monoisotopic (exact) mass is 477 g/mol. The van der Waals surface area contributed by atoms with Gasteiger partial charge in [0.15, 0.2) is 14.9 Å². The molecule has 0 aliphatic carbocycles. The molecule has 9 nitrogen and oxygen atoms in total. The van der Waals surface area contributed by atoms with E-state index < -0.39 is 21.3 Å². The van der Waals surface area contributed by atoms with Crippen LogP contribution in [0.4, 0.5) is 11.5 Å². The number of hydrogen-bond acceptors (Lipinski definition) is 8. The number of nitriles is 1. The summed E-state index contributed by atoms with van der Waals surface area (Å²) in [7, 11) is -3.54. The second-order valence-corrected chi connectivity index (χ2v) is 10.7. The average molecular weight is 478 g/mol. The maximum Gasteiger partial charge on any atom is 0.255 e. The summed E-state index contributed by atoms with van der Waals surface area (Å²) in [5, 5.41) is 22.2. The van der Waals surface area contributed by atoms with Crippen LogP contribution in [0.3, 0.4) is 0 Å². The van der Waals surface area contributed by atoms with Gasteiger partial charge in [0.1, 0.15) is 11.9 Å². The Morgan fingerprint density at radius 3 is 2.59 bits per heavy atom. The molecule has 1 fully saturated rings. The molecule has 0 unspecified atom stereocenters. The predicted molar refractivity (Wildman–Crippen MR) is 127 cm³/mol. The van der Waals surface area contributed by atoms with Crippen molar-refractivity contribution in [2.45, 2.75) is 24.5 Å². The second-order valence-electron chi connectivity index (χ2n) is 8.70. The fraction of sp³-hybridized carbons (Fsp3) is 0.250. The number of hydrogen-bond donors (Lipinski definition) is 2. The topological polar surface area (TPSA) is 136 Å². The van der Waals surface area contributed by atoms with Crippen LogP contribution in [-0.4, -0.2) is 54.3 Å². The van der Waals surface area contributed by atoms with E-state index in [9.17, 15) is 23.6 Å². The van der Waals surface area contributed by atoms with Gasteiger partial charge in [0.25, 0.3) is 5.91 Å². The number of sulfone groups is 1. The lowest BCUT2D eigenvalue weighted by Crippen LogP contribution is -2.60. The first-order valence-electron chi connectivity index (χ1n) is 10.4. The van der Waals surface area contributed by atoms with Crippen molar-refractivity contribution in [2.75, 3.05) is 29.6 Å². The molecule has 1 aromatic carbocycles. The summed E-state index contributed by atoms with van der Waals surface area (Å²) in [6.07, 6.45) is 3.97. The summed E-state index contributed by atoms with van der Waals surface area (Å²) in [5.41, 5.74) is 2.71. The zero-order valence-electron chi connectivity index (χ0n) is 18.9. The molecule has 4 rings (SSSR count). The van der Waals surface area contributed by atoms with Gasteiger partial charge in [0, 0.05) is 48.6 Å². The highest BCUT2D eigenvalue weighted by Gasteiger charge is 2.38. The average Bonchev–Trinajstić information content (AvgIpc) is 2.77. The Balaban J connectivity index is 1.61. The number of aliphatic hydroxyl groups is 1. The Bertz CT molecular complexity index is 1440. The molecule has 34 heavy (non-hydrogen) atoms. The highest BCUT2D eigenvalue weighted by molar-refractivity contribution is 7.90. The summed E-state index contributed by atoms with van der Waals surface area (Å²) in [4.78, 5) is 22.8. The lowest BCUT2D eigenvalue weighted by Gasteiger charge is -2.45. The normalized spacial score (nSPS) is 14.7. The summed E-state index contributed by atoms with van der Waals surface area (Å²) in [6.45, 7) is 4.46. The van der Waals surface area contributed by atoms with E-state index in [2.05, 4.69) is 21.4 Å². The third kappa shape index (κ3) is 4.76. The van der Waals surface area contributed by atoms with Crippen LogP contribution in [0.2, 0.25) is 0 Å². The first kappa shape index (κ1) is 23.4. The molecule has 3 aromatic rings. The van der Waals surface area contributed by atoms with Crippen LogP contribution in [0.15, 0.2) is 53.8 Å². The van der Waals surface area contributed by atoms with E-state index in [4.69, 9.17) is 0 Å². The SMILES string of the molecule is Cc1ccc(NC(=O)c2ccnc(S(C)(=O)=O)c2)cc1-c1cnc(N2CC(C)(O)C2)c(C#N)c1. The van der Waals surface area contributed by atoms with Gasteiger partial charge >= 0.3 is 0 Å². The van der Waals surface area contributed by atoms with Crippen LogP contribution >= 0.6 is 0 Å². The summed E-state index contributed by atoms with van der Waals surface area (Å²) in [6, 6.07) is 11.9. The van der Waals surface area contributed by atoms with Gasteiger partial charge in [0.2, 0.25) is 0 Å². The number of carbonyl (C=O) groups excluding carboxylic acids is 1. The molecular weight excluding hydrogens is 454 g/mol. The van der Waals surface area contributed by atoms with Crippen LogP contribution in [0.1, 0.15) is 28.4 Å². The van der Waals surface area contributed by atoms with Crippen molar-refractivity contribution in [3.05, 3.63) is 65.5 Å². The van der Waals surface area contributed by atoms with Gasteiger partial charge < -0.3 is 15.3 Å². The predicted octanol–water partition coefficient (Wildman–Crippen LogP) is 2.55. The number of anilines is 2. The molecule has 0 spiro atoms. The van der Waals surface area contributed by atoms with Crippen LogP contribution in [-0.2, 0) is 9.84 Å². The van der Waals surface area contributed by atoms with E-state index in [0.717, 1.165) is 17.4 Å². The Hall–Kier alpha value is -3.81. The first-order valence-corrected chi connectivity index (χ1v) is 12.3. The Morgan fingerprint density at radius 2 is 1.94 bits per heavy atom. The highest BCUT2D eigenvalue weighted by atomic mass is 32.2. The minimum Gasteiger partial charge on any atom is -0.386 e. The van der Waals surface area contributed by atoms with E-state index in [1.807, 2.05) is 17.9 Å². The molecular formula is C24H23N5O4S. The highest BCUT2D eigenvalue weighted by Crippen LogP contribution is 2.32. The molecule has 2 N–H and O–H groups in total. The molecule has 2 aromatic heterocycles. The fourth-order valence-electron chi connectivity index (χ4n) is 3.83. The Kier molecular flexibility index (Phi) is 5.85. The lowest BCUT2D eigenvalue weighted by molar-refractivity contribution is 0.0305. The zero-order valence-corrected chi connectivity index (χ0v) is 19.7. The van der Waals surface area contributed by atoms with Crippen molar-refractivity contribution in [2.24, 2.45) is 0 Å². The van der Waals surface area contributed by atoms with Gasteiger partial charge in [-0.2, -0.15) is 5.26 Å². The third-order valence-electron chi connectivity index (χ3n) is 5.53.